The average molecular weight is 451 g/mol. The molecule has 3 aromatic rings. The van der Waals surface area contributed by atoms with Crippen molar-refractivity contribution in [1.29, 1.82) is 0 Å². The van der Waals surface area contributed by atoms with Crippen molar-refractivity contribution < 1.29 is 17.6 Å². The summed E-state index contributed by atoms with van der Waals surface area (Å²) in [6.45, 7) is 5.80. The number of fused-ring (bicyclic) bond motifs is 1. The summed E-state index contributed by atoms with van der Waals surface area (Å²) in [4.78, 5) is 14.0. The van der Waals surface area contributed by atoms with Crippen LogP contribution in [0.1, 0.15) is 23.6 Å². The number of anilines is 3. The lowest BCUT2D eigenvalue weighted by atomic mass is 10.1. The Balaban J connectivity index is 1.82. The van der Waals surface area contributed by atoms with Crippen LogP contribution in [0.4, 0.5) is 21.5 Å². The van der Waals surface area contributed by atoms with Crippen LogP contribution in [0.15, 0.2) is 76.7 Å². The zero-order chi connectivity index (χ0) is 23.0. The van der Waals surface area contributed by atoms with E-state index in [2.05, 4.69) is 5.32 Å². The van der Waals surface area contributed by atoms with Gasteiger partial charge in [-0.15, -0.1) is 0 Å². The first-order chi connectivity index (χ1) is 15.2. The van der Waals surface area contributed by atoms with Gasteiger partial charge in [0, 0.05) is 17.6 Å². The fraction of sp³-hybridized carbons (Fsp3) is 0.160. The van der Waals surface area contributed by atoms with E-state index in [-0.39, 0.29) is 4.90 Å². The molecule has 0 unspecified atom stereocenters. The van der Waals surface area contributed by atoms with Gasteiger partial charge in [-0.25, -0.2) is 12.8 Å². The molecular weight excluding hydrogens is 427 g/mol. The minimum Gasteiger partial charge on any atom is -0.321 e. The van der Waals surface area contributed by atoms with Crippen molar-refractivity contribution >= 4 is 32.8 Å². The molecule has 0 saturated carbocycles. The SMILES string of the molecule is CCc1ccc(N2C=C(C(=O)Nc3ccc(C)cc3C)S(=O)(=O)c3cc(F)ccc32)cc1. The van der Waals surface area contributed by atoms with Crippen molar-refractivity contribution in [3.8, 4) is 0 Å². The number of nitrogens with zero attached hydrogens (tertiary/aromatic N) is 1. The largest absolute Gasteiger partial charge is 0.321 e. The van der Waals surface area contributed by atoms with Crippen LogP contribution in [-0.4, -0.2) is 14.3 Å². The van der Waals surface area contributed by atoms with Crippen LogP contribution in [0, 0.1) is 19.7 Å². The van der Waals surface area contributed by atoms with E-state index >= 15 is 0 Å². The number of halogens is 1. The number of carbonyl (C=O) groups excluding carboxylic acids is 1. The fourth-order valence-electron chi connectivity index (χ4n) is 3.70. The Kier molecular flexibility index (Phi) is 5.60. The Bertz CT molecular complexity index is 1350. The summed E-state index contributed by atoms with van der Waals surface area (Å²) in [6, 6.07) is 16.6. The number of rotatable bonds is 4. The molecule has 1 aliphatic rings. The van der Waals surface area contributed by atoms with Crippen LogP contribution in [0.2, 0.25) is 0 Å². The molecule has 0 fully saturated rings. The zero-order valence-electron chi connectivity index (χ0n) is 18.0. The van der Waals surface area contributed by atoms with Crippen LogP contribution in [0.5, 0.6) is 0 Å². The van der Waals surface area contributed by atoms with Crippen molar-refractivity contribution in [2.24, 2.45) is 0 Å². The van der Waals surface area contributed by atoms with Gasteiger partial charge in [-0.1, -0.05) is 36.8 Å². The van der Waals surface area contributed by atoms with Crippen molar-refractivity contribution in [3.63, 3.8) is 0 Å². The second-order valence-corrected chi connectivity index (χ2v) is 9.66. The summed E-state index contributed by atoms with van der Waals surface area (Å²) in [5.41, 5.74) is 4.43. The van der Waals surface area contributed by atoms with E-state index in [0.29, 0.717) is 17.1 Å². The van der Waals surface area contributed by atoms with E-state index in [4.69, 9.17) is 0 Å². The van der Waals surface area contributed by atoms with Crippen LogP contribution < -0.4 is 10.2 Å². The summed E-state index contributed by atoms with van der Waals surface area (Å²) in [5, 5.41) is 2.69. The van der Waals surface area contributed by atoms with Gasteiger partial charge in [0.05, 0.1) is 10.6 Å². The number of aryl methyl sites for hydroxylation is 3. The van der Waals surface area contributed by atoms with Gasteiger partial charge in [0.15, 0.2) is 4.91 Å². The molecule has 1 aliphatic heterocycles. The molecular formula is C25H23FN2O3S. The van der Waals surface area contributed by atoms with Gasteiger partial charge in [-0.2, -0.15) is 0 Å². The lowest BCUT2D eigenvalue weighted by Gasteiger charge is -2.29. The van der Waals surface area contributed by atoms with E-state index in [1.165, 1.54) is 18.3 Å². The summed E-state index contributed by atoms with van der Waals surface area (Å²) in [5.74, 6) is -1.47. The predicted octanol–water partition coefficient (Wildman–Crippen LogP) is 5.41. The maximum Gasteiger partial charge on any atom is 0.269 e. The molecule has 4 rings (SSSR count). The molecule has 0 saturated heterocycles. The quantitative estimate of drug-likeness (QED) is 0.577. The third-order valence-electron chi connectivity index (χ3n) is 5.48. The van der Waals surface area contributed by atoms with Gasteiger partial charge in [0.25, 0.3) is 5.91 Å². The Labute approximate surface area is 187 Å². The molecule has 0 aromatic heterocycles. The lowest BCUT2D eigenvalue weighted by molar-refractivity contribution is -0.112. The second kappa shape index (κ2) is 8.24. The van der Waals surface area contributed by atoms with Gasteiger partial charge in [-0.05, 0) is 67.8 Å². The van der Waals surface area contributed by atoms with Gasteiger partial charge in [-0.3, -0.25) is 4.79 Å². The molecule has 5 nitrogen and oxygen atoms in total. The topological polar surface area (TPSA) is 66.5 Å². The molecule has 32 heavy (non-hydrogen) atoms. The molecule has 7 heteroatoms. The van der Waals surface area contributed by atoms with Crippen molar-refractivity contribution in [2.75, 3.05) is 10.2 Å². The molecule has 0 aliphatic carbocycles. The van der Waals surface area contributed by atoms with E-state index in [1.54, 1.807) is 11.0 Å². The summed E-state index contributed by atoms with van der Waals surface area (Å²) in [7, 11) is -4.23. The first kappa shape index (κ1) is 21.8. The van der Waals surface area contributed by atoms with Crippen LogP contribution in [0.25, 0.3) is 0 Å². The molecule has 1 N–H and O–H groups in total. The summed E-state index contributed by atoms with van der Waals surface area (Å²) < 4.78 is 40.6. The monoisotopic (exact) mass is 450 g/mol. The average Bonchev–Trinajstić information content (AvgIpc) is 2.76. The Morgan fingerprint density at radius 3 is 2.38 bits per heavy atom. The van der Waals surface area contributed by atoms with Crippen molar-refractivity contribution in [3.05, 3.63) is 94.3 Å². The minimum absolute atomic E-state index is 0.245. The Morgan fingerprint density at radius 2 is 1.72 bits per heavy atom. The number of amides is 1. The van der Waals surface area contributed by atoms with Gasteiger partial charge >= 0.3 is 0 Å². The van der Waals surface area contributed by atoms with Crippen molar-refractivity contribution in [1.82, 2.24) is 0 Å². The summed E-state index contributed by atoms with van der Waals surface area (Å²) in [6.07, 6.45) is 2.16. The minimum atomic E-state index is -4.23. The van der Waals surface area contributed by atoms with Gasteiger partial charge in [0.1, 0.15) is 5.82 Å². The molecule has 1 amide bonds. The number of benzene rings is 3. The highest BCUT2D eigenvalue weighted by Crippen LogP contribution is 2.40. The highest BCUT2D eigenvalue weighted by Gasteiger charge is 2.36. The third kappa shape index (κ3) is 3.91. The zero-order valence-corrected chi connectivity index (χ0v) is 18.8. The number of nitrogens with one attached hydrogen (secondary N) is 1. The van der Waals surface area contributed by atoms with Crippen LogP contribution in [0.3, 0.4) is 0 Å². The fourth-order valence-corrected chi connectivity index (χ4v) is 5.19. The third-order valence-corrected chi connectivity index (χ3v) is 7.26. The van der Waals surface area contributed by atoms with E-state index in [9.17, 15) is 17.6 Å². The number of sulfone groups is 1. The Hall–Kier alpha value is -3.45. The van der Waals surface area contributed by atoms with E-state index < -0.39 is 26.5 Å². The molecule has 0 bridgehead atoms. The number of hydrogen-bond acceptors (Lipinski definition) is 4. The molecule has 1 heterocycles. The second-order valence-electron chi connectivity index (χ2n) is 7.77. The summed E-state index contributed by atoms with van der Waals surface area (Å²) >= 11 is 0. The number of carbonyl (C=O) groups is 1. The van der Waals surface area contributed by atoms with E-state index in [1.807, 2.05) is 57.2 Å². The maximum absolute atomic E-state index is 14.0. The smallest absolute Gasteiger partial charge is 0.269 e. The molecule has 0 radical (unpaired) electrons. The Morgan fingerprint density at radius 1 is 1.00 bits per heavy atom. The standard InChI is InChI=1S/C25H23FN2O3S/c1-4-18-6-9-20(10-7-18)28-15-24(25(29)27-21-11-5-16(2)13-17(21)3)32(30,31)23-14-19(26)8-12-22(23)28/h5-15H,4H2,1-3H3,(H,27,29). The van der Waals surface area contributed by atoms with Crippen LogP contribution in [-0.2, 0) is 21.1 Å². The van der Waals surface area contributed by atoms with E-state index in [0.717, 1.165) is 29.2 Å². The maximum atomic E-state index is 14.0. The first-order valence-corrected chi connectivity index (χ1v) is 11.7. The molecule has 0 atom stereocenters. The molecule has 0 spiro atoms. The lowest BCUT2D eigenvalue weighted by Crippen LogP contribution is -2.29. The van der Waals surface area contributed by atoms with Crippen LogP contribution >= 0.6 is 0 Å². The highest BCUT2D eigenvalue weighted by molar-refractivity contribution is 7.96. The van der Waals surface area contributed by atoms with Gasteiger partial charge in [0.2, 0.25) is 9.84 Å². The molecule has 164 valence electrons. The van der Waals surface area contributed by atoms with Gasteiger partial charge < -0.3 is 10.2 Å². The normalized spacial score (nSPS) is 14.5. The highest BCUT2D eigenvalue weighted by atomic mass is 32.2. The first-order valence-electron chi connectivity index (χ1n) is 10.2. The predicted molar refractivity (Wildman–Crippen MR) is 124 cm³/mol. The molecule has 3 aromatic carbocycles. The van der Waals surface area contributed by atoms with Crippen molar-refractivity contribution in [2.45, 2.75) is 32.1 Å². The number of hydrogen-bond donors (Lipinski definition) is 1.